The summed E-state index contributed by atoms with van der Waals surface area (Å²) >= 11 is 6.03. The number of pyridine rings is 1. The van der Waals surface area contributed by atoms with Crippen LogP contribution in [0.25, 0.3) is 0 Å². The van der Waals surface area contributed by atoms with E-state index in [0.717, 1.165) is 5.56 Å². The summed E-state index contributed by atoms with van der Waals surface area (Å²) in [6.07, 6.45) is 2.14. The Morgan fingerprint density at radius 1 is 1.10 bits per heavy atom. The molecule has 1 aliphatic heterocycles. The van der Waals surface area contributed by atoms with Crippen molar-refractivity contribution in [2.75, 3.05) is 13.2 Å². The summed E-state index contributed by atoms with van der Waals surface area (Å²) in [5, 5.41) is 3.68. The van der Waals surface area contributed by atoms with Crippen LogP contribution in [-0.2, 0) is 16.7 Å². The highest BCUT2D eigenvalue weighted by Gasteiger charge is 2.38. The zero-order chi connectivity index (χ0) is 21.5. The van der Waals surface area contributed by atoms with E-state index in [-0.39, 0.29) is 16.8 Å². The Hall–Kier alpha value is -2.44. The number of amides is 1. The predicted molar refractivity (Wildman–Crippen MR) is 114 cm³/mol. The van der Waals surface area contributed by atoms with E-state index in [9.17, 15) is 14.4 Å². The van der Waals surface area contributed by atoms with Crippen LogP contribution in [0.3, 0.4) is 0 Å². The molecule has 0 spiro atoms. The third kappa shape index (κ3) is 3.94. The number of benzene rings is 1. The third-order valence-corrected chi connectivity index (χ3v) is 6.31. The lowest BCUT2D eigenvalue weighted by molar-refractivity contribution is 0.0345. The molecule has 158 valence electrons. The van der Waals surface area contributed by atoms with Crippen LogP contribution in [0, 0.1) is 5.41 Å². The highest BCUT2D eigenvalue weighted by Crippen LogP contribution is 2.35. The molecule has 7 heteroatoms. The molecular formula is C23H25ClN2O4. The van der Waals surface area contributed by atoms with Crippen molar-refractivity contribution in [2.45, 2.75) is 45.1 Å². The molecule has 0 saturated carbocycles. The van der Waals surface area contributed by atoms with Gasteiger partial charge in [0, 0.05) is 35.9 Å². The summed E-state index contributed by atoms with van der Waals surface area (Å²) in [6, 6.07) is 8.79. The van der Waals surface area contributed by atoms with Gasteiger partial charge in [-0.3, -0.25) is 14.4 Å². The number of ether oxygens (including phenoxy) is 1. The Morgan fingerprint density at radius 2 is 1.77 bits per heavy atom. The minimum absolute atomic E-state index is 0.0402. The molecule has 0 bridgehead atoms. The maximum Gasteiger partial charge on any atom is 0.261 e. The summed E-state index contributed by atoms with van der Waals surface area (Å²) in [5.74, 6) is -0.543. The average Bonchev–Trinajstić information content (AvgIpc) is 2.67. The normalized spacial score (nSPS) is 19.8. The molecule has 1 saturated heterocycles. The van der Waals surface area contributed by atoms with Gasteiger partial charge in [0.15, 0.2) is 5.78 Å². The standard InChI is InChI=1S/C23H25ClN2O4/c1-22(2)12-18-16(19(27)13-22)11-17(20(28)25-18)21(29)26-23(7-9-30-10-8-23)14-3-5-15(24)6-4-14/h3-6,11H,7-10,12-13H2,1-2H3,(H,25,28)(H,26,29). The number of fused-ring (bicyclic) bond motifs is 1. The molecule has 30 heavy (non-hydrogen) atoms. The maximum absolute atomic E-state index is 13.2. The second-order valence-corrected chi connectivity index (χ2v) is 9.44. The predicted octanol–water partition coefficient (Wildman–Crippen LogP) is 3.62. The largest absolute Gasteiger partial charge is 0.381 e. The smallest absolute Gasteiger partial charge is 0.261 e. The van der Waals surface area contributed by atoms with Crippen LogP contribution >= 0.6 is 11.6 Å². The molecule has 6 nitrogen and oxygen atoms in total. The number of halogens is 1. The highest BCUT2D eigenvalue weighted by atomic mass is 35.5. The first-order valence-corrected chi connectivity index (χ1v) is 10.5. The first-order valence-electron chi connectivity index (χ1n) is 10.1. The van der Waals surface area contributed by atoms with Gasteiger partial charge in [0.05, 0.1) is 5.54 Å². The molecule has 1 aromatic carbocycles. The Balaban J connectivity index is 1.68. The van der Waals surface area contributed by atoms with Crippen molar-refractivity contribution in [1.29, 1.82) is 0 Å². The lowest BCUT2D eigenvalue weighted by Crippen LogP contribution is -2.50. The highest BCUT2D eigenvalue weighted by molar-refractivity contribution is 6.30. The number of carbonyl (C=O) groups is 2. The molecule has 1 amide bonds. The van der Waals surface area contributed by atoms with Crippen molar-refractivity contribution in [2.24, 2.45) is 5.41 Å². The Bertz CT molecular complexity index is 1050. The topological polar surface area (TPSA) is 88.3 Å². The number of hydrogen-bond donors (Lipinski definition) is 2. The third-order valence-electron chi connectivity index (χ3n) is 6.06. The molecule has 0 atom stereocenters. The molecule has 0 radical (unpaired) electrons. The minimum atomic E-state index is -0.658. The van der Waals surface area contributed by atoms with E-state index in [1.54, 1.807) is 12.1 Å². The number of aromatic nitrogens is 1. The second kappa shape index (κ2) is 7.67. The maximum atomic E-state index is 13.2. The van der Waals surface area contributed by atoms with Crippen molar-refractivity contribution >= 4 is 23.3 Å². The number of ketones is 1. The van der Waals surface area contributed by atoms with Crippen LogP contribution < -0.4 is 10.9 Å². The molecule has 2 heterocycles. The Morgan fingerprint density at radius 3 is 2.43 bits per heavy atom. The van der Waals surface area contributed by atoms with Gasteiger partial charge in [-0.1, -0.05) is 37.6 Å². The number of nitrogens with one attached hydrogen (secondary N) is 2. The molecule has 2 aliphatic rings. The number of aromatic amines is 1. The van der Waals surface area contributed by atoms with Crippen molar-refractivity contribution in [3.63, 3.8) is 0 Å². The molecule has 2 N–H and O–H groups in total. The summed E-state index contributed by atoms with van der Waals surface area (Å²) in [6.45, 7) is 4.98. The van der Waals surface area contributed by atoms with Gasteiger partial charge >= 0.3 is 0 Å². The van der Waals surface area contributed by atoms with Crippen LogP contribution in [0.1, 0.15) is 65.1 Å². The van der Waals surface area contributed by atoms with Crippen molar-refractivity contribution in [3.8, 4) is 0 Å². The molecule has 4 rings (SSSR count). The van der Waals surface area contributed by atoms with Gasteiger partial charge in [0.25, 0.3) is 11.5 Å². The number of hydrogen-bond acceptors (Lipinski definition) is 4. The number of Topliss-reactive ketones (excluding diaryl/α,β-unsaturated/α-hetero) is 1. The zero-order valence-electron chi connectivity index (χ0n) is 17.1. The van der Waals surface area contributed by atoms with E-state index in [1.165, 1.54) is 6.07 Å². The van der Waals surface area contributed by atoms with Crippen LogP contribution in [0.15, 0.2) is 35.1 Å². The minimum Gasteiger partial charge on any atom is -0.381 e. The second-order valence-electron chi connectivity index (χ2n) is 9.00. The van der Waals surface area contributed by atoms with Crippen molar-refractivity contribution < 1.29 is 14.3 Å². The van der Waals surface area contributed by atoms with E-state index >= 15 is 0 Å². The summed E-state index contributed by atoms with van der Waals surface area (Å²) in [4.78, 5) is 41.3. The fraction of sp³-hybridized carbons (Fsp3) is 0.435. The van der Waals surface area contributed by atoms with E-state index in [0.29, 0.717) is 55.2 Å². The van der Waals surface area contributed by atoms with Gasteiger partial charge in [-0.2, -0.15) is 0 Å². The van der Waals surface area contributed by atoms with Crippen LogP contribution in [0.5, 0.6) is 0 Å². The number of H-pyrrole nitrogens is 1. The molecule has 1 aliphatic carbocycles. The van der Waals surface area contributed by atoms with E-state index in [4.69, 9.17) is 16.3 Å². The lowest BCUT2D eigenvalue weighted by atomic mass is 9.75. The van der Waals surface area contributed by atoms with Crippen LogP contribution in [0.4, 0.5) is 0 Å². The van der Waals surface area contributed by atoms with E-state index in [2.05, 4.69) is 10.3 Å². The van der Waals surface area contributed by atoms with Crippen LogP contribution in [0.2, 0.25) is 5.02 Å². The SMILES string of the molecule is CC1(C)CC(=O)c2cc(C(=O)NC3(c4ccc(Cl)cc4)CCOCC3)c(=O)[nH]c2C1. The fourth-order valence-corrected chi connectivity index (χ4v) is 4.58. The summed E-state index contributed by atoms with van der Waals surface area (Å²) < 4.78 is 5.50. The van der Waals surface area contributed by atoms with Gasteiger partial charge in [-0.15, -0.1) is 0 Å². The van der Waals surface area contributed by atoms with Crippen molar-refractivity contribution in [1.82, 2.24) is 10.3 Å². The summed E-state index contributed by atoms with van der Waals surface area (Å²) in [5.41, 5.74) is 0.571. The molecule has 0 unspecified atom stereocenters. The average molecular weight is 429 g/mol. The number of rotatable bonds is 3. The van der Waals surface area contributed by atoms with Gasteiger partial charge in [-0.05, 0) is 48.4 Å². The first kappa shape index (κ1) is 20.8. The van der Waals surface area contributed by atoms with E-state index < -0.39 is 17.0 Å². The van der Waals surface area contributed by atoms with E-state index in [1.807, 2.05) is 26.0 Å². The van der Waals surface area contributed by atoms with Crippen LogP contribution in [-0.4, -0.2) is 29.9 Å². The Labute approximate surface area is 180 Å². The molecule has 1 fully saturated rings. The zero-order valence-corrected chi connectivity index (χ0v) is 17.9. The Kier molecular flexibility index (Phi) is 5.32. The van der Waals surface area contributed by atoms with Gasteiger partial charge in [0.1, 0.15) is 5.56 Å². The monoisotopic (exact) mass is 428 g/mol. The summed E-state index contributed by atoms with van der Waals surface area (Å²) in [7, 11) is 0. The molecule has 2 aromatic rings. The quantitative estimate of drug-likeness (QED) is 0.781. The fourth-order valence-electron chi connectivity index (χ4n) is 4.46. The van der Waals surface area contributed by atoms with Gasteiger partial charge < -0.3 is 15.0 Å². The van der Waals surface area contributed by atoms with Crippen molar-refractivity contribution in [3.05, 3.63) is 68.1 Å². The van der Waals surface area contributed by atoms with Gasteiger partial charge in [0.2, 0.25) is 0 Å². The first-order chi connectivity index (χ1) is 14.2. The molecule has 1 aromatic heterocycles. The lowest BCUT2D eigenvalue weighted by Gasteiger charge is -2.38. The van der Waals surface area contributed by atoms with Gasteiger partial charge in [-0.25, -0.2) is 0 Å². The number of carbonyl (C=O) groups excluding carboxylic acids is 2. The molecular weight excluding hydrogens is 404 g/mol.